The maximum Gasteiger partial charge on any atom is 0.261 e. The molecule has 0 spiro atoms. The van der Waals surface area contributed by atoms with Gasteiger partial charge in [-0.25, -0.2) is 10.0 Å². The first-order chi connectivity index (χ1) is 4.74. The molecule has 0 aromatic heterocycles. The van der Waals surface area contributed by atoms with E-state index in [-0.39, 0.29) is 11.9 Å². The van der Waals surface area contributed by atoms with Gasteiger partial charge in [-0.05, 0) is 12.2 Å². The van der Waals surface area contributed by atoms with Crippen LogP contribution >= 0.6 is 12.2 Å². The first-order valence-corrected chi connectivity index (χ1v) is 3.23. The number of carbonyl (C=O) groups is 1. The van der Waals surface area contributed by atoms with E-state index < -0.39 is 0 Å². The van der Waals surface area contributed by atoms with Crippen molar-refractivity contribution >= 4 is 23.3 Å². The highest BCUT2D eigenvalue weighted by atomic mass is 32.1. The monoisotopic (exact) mass is 157 g/mol. The van der Waals surface area contributed by atoms with E-state index in [1.165, 1.54) is 0 Å². The lowest BCUT2D eigenvalue weighted by atomic mass is 10.3. The number of hydrazine groups is 1. The molecule has 1 saturated heterocycles. The van der Waals surface area contributed by atoms with Crippen LogP contribution in [0.5, 0.6) is 0 Å². The van der Waals surface area contributed by atoms with Crippen molar-refractivity contribution < 1.29 is 4.79 Å². The summed E-state index contributed by atoms with van der Waals surface area (Å²) in [5.74, 6) is -0.111. The zero-order valence-electron chi connectivity index (χ0n) is 5.50. The van der Waals surface area contributed by atoms with Gasteiger partial charge < -0.3 is 0 Å². The van der Waals surface area contributed by atoms with E-state index in [4.69, 9.17) is 0 Å². The summed E-state index contributed by atoms with van der Waals surface area (Å²) in [5, 5.41) is 3.85. The molecule has 4 nitrogen and oxygen atoms in total. The van der Waals surface area contributed by atoms with Crippen molar-refractivity contribution in [3.63, 3.8) is 0 Å². The molecule has 1 atom stereocenters. The van der Waals surface area contributed by atoms with Gasteiger partial charge in [-0.1, -0.05) is 0 Å². The lowest BCUT2D eigenvalue weighted by molar-refractivity contribution is -0.121. The maximum atomic E-state index is 10.8. The molecule has 1 aliphatic heterocycles. The Morgan fingerprint density at radius 2 is 2.70 bits per heavy atom. The molecular formula is C5H7N3OS. The van der Waals surface area contributed by atoms with Crippen LogP contribution < -0.4 is 5.43 Å². The number of thiocarbonyl (C=S) groups is 1. The molecule has 54 valence electrons. The topological polar surface area (TPSA) is 44.7 Å². The first-order valence-electron chi connectivity index (χ1n) is 2.82. The van der Waals surface area contributed by atoms with E-state index in [0.29, 0.717) is 6.54 Å². The van der Waals surface area contributed by atoms with E-state index in [1.807, 2.05) is 0 Å². The van der Waals surface area contributed by atoms with Crippen LogP contribution in [0.15, 0.2) is 4.99 Å². The quantitative estimate of drug-likeness (QED) is 0.409. The number of nitrogens with zero attached hydrogens (tertiary/aromatic N) is 2. The van der Waals surface area contributed by atoms with Crippen molar-refractivity contribution in [3.05, 3.63) is 0 Å². The van der Waals surface area contributed by atoms with Crippen molar-refractivity contribution in [2.75, 3.05) is 13.6 Å². The number of likely N-dealkylation sites (N-methyl/N-ethyl adjacent to an activating group) is 1. The van der Waals surface area contributed by atoms with Gasteiger partial charge in [0.1, 0.15) is 0 Å². The van der Waals surface area contributed by atoms with E-state index in [1.54, 1.807) is 12.1 Å². The number of rotatable bonds is 1. The lowest BCUT2D eigenvalue weighted by Crippen LogP contribution is -2.29. The minimum atomic E-state index is -0.359. The van der Waals surface area contributed by atoms with Gasteiger partial charge in [0.05, 0.1) is 11.7 Å². The molecule has 0 aromatic rings. The summed E-state index contributed by atoms with van der Waals surface area (Å²) in [4.78, 5) is 14.5. The molecule has 0 saturated carbocycles. The fraction of sp³-hybridized carbons (Fsp3) is 0.600. The Bertz CT molecular complexity index is 199. The summed E-state index contributed by atoms with van der Waals surface area (Å²) in [5.41, 5.74) is 2.57. The standard InChI is InChI=1S/C5H7N3OS/c1-8-2-4(6-3-10)5(9)7-8/h4H,2H2,1H3,(H,7,9). The van der Waals surface area contributed by atoms with Crippen LogP contribution in [0.2, 0.25) is 0 Å². The normalized spacial score (nSPS) is 25.7. The minimum Gasteiger partial charge on any atom is -0.287 e. The van der Waals surface area contributed by atoms with Crippen molar-refractivity contribution in [1.29, 1.82) is 0 Å². The van der Waals surface area contributed by atoms with E-state index in [2.05, 4.69) is 27.8 Å². The Morgan fingerprint density at radius 3 is 3.10 bits per heavy atom. The summed E-state index contributed by atoms with van der Waals surface area (Å²) in [6.45, 7) is 0.572. The molecule has 1 N–H and O–H groups in total. The van der Waals surface area contributed by atoms with Crippen molar-refractivity contribution in [2.24, 2.45) is 4.99 Å². The highest BCUT2D eigenvalue weighted by molar-refractivity contribution is 7.78. The third kappa shape index (κ3) is 1.39. The average Bonchev–Trinajstić information content (AvgIpc) is 2.13. The number of hydrogen-bond donors (Lipinski definition) is 1. The zero-order chi connectivity index (χ0) is 7.56. The predicted molar refractivity (Wildman–Crippen MR) is 39.6 cm³/mol. The summed E-state index contributed by atoms with van der Waals surface area (Å²) >= 11 is 4.37. The molecule has 1 aliphatic rings. The van der Waals surface area contributed by atoms with Gasteiger partial charge in [0.15, 0.2) is 6.04 Å². The van der Waals surface area contributed by atoms with Gasteiger partial charge in [0.2, 0.25) is 0 Å². The predicted octanol–water partition coefficient (Wildman–Crippen LogP) is -0.566. The molecule has 1 rings (SSSR count). The van der Waals surface area contributed by atoms with Crippen LogP contribution in [0.1, 0.15) is 0 Å². The molecule has 1 fully saturated rings. The van der Waals surface area contributed by atoms with Crippen LogP contribution in [0.3, 0.4) is 0 Å². The fourth-order valence-corrected chi connectivity index (χ4v) is 0.941. The summed E-state index contributed by atoms with van der Waals surface area (Å²) < 4.78 is 0. The Morgan fingerprint density at radius 1 is 2.00 bits per heavy atom. The Kier molecular flexibility index (Phi) is 2.11. The molecule has 0 bridgehead atoms. The number of nitrogens with one attached hydrogen (secondary N) is 1. The number of hydrogen-bond acceptors (Lipinski definition) is 4. The minimum absolute atomic E-state index is 0.111. The van der Waals surface area contributed by atoms with Gasteiger partial charge in [-0.2, -0.15) is 0 Å². The molecule has 0 aliphatic carbocycles. The molecule has 5 heteroatoms. The third-order valence-electron chi connectivity index (χ3n) is 1.26. The van der Waals surface area contributed by atoms with Crippen LogP contribution in [-0.2, 0) is 4.79 Å². The van der Waals surface area contributed by atoms with E-state index in [9.17, 15) is 4.79 Å². The summed E-state index contributed by atoms with van der Waals surface area (Å²) in [6, 6.07) is -0.359. The van der Waals surface area contributed by atoms with E-state index >= 15 is 0 Å². The third-order valence-corrected chi connectivity index (χ3v) is 1.36. The van der Waals surface area contributed by atoms with Gasteiger partial charge in [0.25, 0.3) is 5.91 Å². The Labute approximate surface area is 63.9 Å². The maximum absolute atomic E-state index is 10.8. The van der Waals surface area contributed by atoms with Crippen molar-refractivity contribution in [2.45, 2.75) is 6.04 Å². The molecule has 10 heavy (non-hydrogen) atoms. The second-order valence-corrected chi connectivity index (χ2v) is 2.28. The number of carbonyl (C=O) groups excluding carboxylic acids is 1. The highest BCUT2D eigenvalue weighted by Gasteiger charge is 2.26. The van der Waals surface area contributed by atoms with Crippen LogP contribution in [0.25, 0.3) is 0 Å². The van der Waals surface area contributed by atoms with Crippen LogP contribution in [0.4, 0.5) is 0 Å². The molecule has 1 heterocycles. The fourth-order valence-electron chi connectivity index (χ4n) is 0.814. The van der Waals surface area contributed by atoms with Crippen LogP contribution in [-0.4, -0.2) is 35.7 Å². The number of isothiocyanates is 1. The first kappa shape index (κ1) is 7.34. The molecular weight excluding hydrogens is 150 g/mol. The van der Waals surface area contributed by atoms with Gasteiger partial charge in [-0.15, -0.1) is 0 Å². The second kappa shape index (κ2) is 2.88. The Balaban J connectivity index is 2.63. The van der Waals surface area contributed by atoms with Gasteiger partial charge in [0, 0.05) is 7.05 Å². The summed E-state index contributed by atoms with van der Waals surface area (Å²) in [6.07, 6.45) is 0. The van der Waals surface area contributed by atoms with Gasteiger partial charge in [-0.3, -0.25) is 10.2 Å². The molecule has 0 radical (unpaired) electrons. The smallest absolute Gasteiger partial charge is 0.261 e. The second-order valence-electron chi connectivity index (χ2n) is 2.09. The number of amides is 1. The van der Waals surface area contributed by atoms with Crippen molar-refractivity contribution in [3.8, 4) is 0 Å². The summed E-state index contributed by atoms with van der Waals surface area (Å²) in [7, 11) is 1.77. The zero-order valence-corrected chi connectivity index (χ0v) is 6.31. The molecule has 1 amide bonds. The molecule has 1 unspecified atom stereocenters. The Hall–Kier alpha value is -0.770. The van der Waals surface area contributed by atoms with Crippen LogP contribution in [0, 0.1) is 0 Å². The van der Waals surface area contributed by atoms with Gasteiger partial charge >= 0.3 is 0 Å². The lowest BCUT2D eigenvalue weighted by Gasteiger charge is -2.02. The van der Waals surface area contributed by atoms with E-state index in [0.717, 1.165) is 0 Å². The average molecular weight is 157 g/mol. The highest BCUT2D eigenvalue weighted by Crippen LogP contribution is 1.99. The SMILES string of the molecule is CN1CC(N=C=S)C(=O)N1. The molecule has 0 aromatic carbocycles. The number of aliphatic imine (C=N–C) groups is 1. The largest absolute Gasteiger partial charge is 0.287 e. The van der Waals surface area contributed by atoms with Crippen molar-refractivity contribution in [1.82, 2.24) is 10.4 Å².